The molecule has 0 fully saturated rings. The Morgan fingerprint density at radius 3 is 2.88 bits per heavy atom. The number of hydrogen-bond acceptors (Lipinski definition) is 3. The molecule has 0 aliphatic heterocycles. The van der Waals surface area contributed by atoms with Gasteiger partial charge in [-0.2, -0.15) is 0 Å². The molecule has 82 valence electrons. The van der Waals surface area contributed by atoms with Crippen molar-refractivity contribution in [2.45, 2.75) is 6.61 Å². The third kappa shape index (κ3) is 2.04. The number of pyridine rings is 1. The van der Waals surface area contributed by atoms with Crippen molar-refractivity contribution in [3.63, 3.8) is 0 Å². The van der Waals surface area contributed by atoms with Gasteiger partial charge in [0.1, 0.15) is 0 Å². The maximum Gasteiger partial charge on any atom is 0.221 e. The van der Waals surface area contributed by atoms with E-state index in [1.807, 2.05) is 36.4 Å². The van der Waals surface area contributed by atoms with Crippen molar-refractivity contribution in [1.82, 2.24) is 4.98 Å². The molecule has 1 heterocycles. The van der Waals surface area contributed by atoms with Crippen molar-refractivity contribution in [2.24, 2.45) is 0 Å². The summed E-state index contributed by atoms with van der Waals surface area (Å²) in [5.41, 5.74) is 2.81. The first-order chi connectivity index (χ1) is 7.85. The van der Waals surface area contributed by atoms with Crippen LogP contribution in [0, 0.1) is 0 Å². The maximum atomic E-state index is 9.09. The molecular weight excluding hydrogens is 202 g/mol. The van der Waals surface area contributed by atoms with E-state index in [-0.39, 0.29) is 6.61 Å². The fourth-order valence-electron chi connectivity index (χ4n) is 1.61. The van der Waals surface area contributed by atoms with Crippen LogP contribution >= 0.6 is 0 Å². The van der Waals surface area contributed by atoms with Gasteiger partial charge >= 0.3 is 0 Å². The minimum absolute atomic E-state index is 0.0381. The molecule has 16 heavy (non-hydrogen) atoms. The van der Waals surface area contributed by atoms with Crippen LogP contribution in [0.15, 0.2) is 42.6 Å². The van der Waals surface area contributed by atoms with Gasteiger partial charge in [-0.15, -0.1) is 0 Å². The smallest absolute Gasteiger partial charge is 0.221 e. The SMILES string of the molecule is COc1ncccc1-c1cccc(CO)c1. The largest absolute Gasteiger partial charge is 0.481 e. The summed E-state index contributed by atoms with van der Waals surface area (Å²) in [5, 5.41) is 9.09. The number of benzene rings is 1. The number of rotatable bonds is 3. The predicted octanol–water partition coefficient (Wildman–Crippen LogP) is 2.25. The lowest BCUT2D eigenvalue weighted by Crippen LogP contribution is -1.91. The molecule has 1 N–H and O–H groups in total. The molecule has 0 bridgehead atoms. The molecule has 1 aromatic heterocycles. The molecule has 0 amide bonds. The zero-order valence-electron chi connectivity index (χ0n) is 9.05. The summed E-state index contributed by atoms with van der Waals surface area (Å²) >= 11 is 0. The Labute approximate surface area is 94.3 Å². The first-order valence-corrected chi connectivity index (χ1v) is 5.04. The molecule has 3 heteroatoms. The Bertz CT molecular complexity index is 483. The number of aliphatic hydroxyl groups excluding tert-OH is 1. The molecule has 0 spiro atoms. The van der Waals surface area contributed by atoms with E-state index in [1.54, 1.807) is 13.3 Å². The van der Waals surface area contributed by atoms with E-state index in [0.29, 0.717) is 5.88 Å². The van der Waals surface area contributed by atoms with Gasteiger partial charge in [-0.1, -0.05) is 18.2 Å². The van der Waals surface area contributed by atoms with Gasteiger partial charge in [-0.3, -0.25) is 0 Å². The van der Waals surface area contributed by atoms with Crippen molar-refractivity contribution >= 4 is 0 Å². The van der Waals surface area contributed by atoms with E-state index < -0.39 is 0 Å². The van der Waals surface area contributed by atoms with E-state index in [0.717, 1.165) is 16.7 Å². The van der Waals surface area contributed by atoms with Gasteiger partial charge in [0.2, 0.25) is 5.88 Å². The van der Waals surface area contributed by atoms with E-state index >= 15 is 0 Å². The summed E-state index contributed by atoms with van der Waals surface area (Å²) in [4.78, 5) is 4.14. The van der Waals surface area contributed by atoms with Crippen LogP contribution in [0.3, 0.4) is 0 Å². The van der Waals surface area contributed by atoms with Gasteiger partial charge in [0.05, 0.1) is 13.7 Å². The lowest BCUT2D eigenvalue weighted by molar-refractivity contribution is 0.282. The van der Waals surface area contributed by atoms with Crippen molar-refractivity contribution in [1.29, 1.82) is 0 Å². The van der Waals surface area contributed by atoms with Crippen LogP contribution in [0.25, 0.3) is 11.1 Å². The van der Waals surface area contributed by atoms with Gasteiger partial charge in [0.15, 0.2) is 0 Å². The quantitative estimate of drug-likeness (QED) is 0.853. The third-order valence-electron chi connectivity index (χ3n) is 2.39. The van der Waals surface area contributed by atoms with Crippen molar-refractivity contribution in [3.8, 4) is 17.0 Å². The summed E-state index contributed by atoms with van der Waals surface area (Å²) in [6.45, 7) is 0.0381. The summed E-state index contributed by atoms with van der Waals surface area (Å²) in [7, 11) is 1.60. The molecule has 0 radical (unpaired) electrons. The third-order valence-corrected chi connectivity index (χ3v) is 2.39. The van der Waals surface area contributed by atoms with Crippen LogP contribution in [0.1, 0.15) is 5.56 Å². The molecule has 0 aliphatic rings. The van der Waals surface area contributed by atoms with Gasteiger partial charge in [-0.05, 0) is 29.3 Å². The molecule has 0 aliphatic carbocycles. The van der Waals surface area contributed by atoms with Crippen molar-refractivity contribution in [3.05, 3.63) is 48.2 Å². The van der Waals surface area contributed by atoms with E-state index in [1.165, 1.54) is 0 Å². The number of ether oxygens (including phenoxy) is 1. The first kappa shape index (κ1) is 10.6. The zero-order valence-corrected chi connectivity index (χ0v) is 9.05. The monoisotopic (exact) mass is 215 g/mol. The first-order valence-electron chi connectivity index (χ1n) is 5.04. The van der Waals surface area contributed by atoms with Gasteiger partial charge < -0.3 is 9.84 Å². The molecule has 3 nitrogen and oxygen atoms in total. The number of hydrogen-bond donors (Lipinski definition) is 1. The number of aliphatic hydroxyl groups is 1. The Hall–Kier alpha value is -1.87. The molecule has 0 unspecified atom stereocenters. The summed E-state index contributed by atoms with van der Waals surface area (Å²) < 4.78 is 5.20. The minimum Gasteiger partial charge on any atom is -0.481 e. The Morgan fingerprint density at radius 1 is 1.25 bits per heavy atom. The van der Waals surface area contributed by atoms with E-state index in [9.17, 15) is 0 Å². The zero-order chi connectivity index (χ0) is 11.4. The summed E-state index contributed by atoms with van der Waals surface area (Å²) in [6, 6.07) is 11.5. The summed E-state index contributed by atoms with van der Waals surface area (Å²) in [5.74, 6) is 0.595. The normalized spacial score (nSPS) is 10.1. The van der Waals surface area contributed by atoms with Crippen LogP contribution in [-0.4, -0.2) is 17.2 Å². The molecule has 0 saturated heterocycles. The molecule has 2 rings (SSSR count). The molecular formula is C13H13NO2. The highest BCUT2D eigenvalue weighted by molar-refractivity contribution is 5.68. The molecule has 0 saturated carbocycles. The number of nitrogens with zero attached hydrogens (tertiary/aromatic N) is 1. The lowest BCUT2D eigenvalue weighted by Gasteiger charge is -2.07. The Kier molecular flexibility index (Phi) is 3.17. The Balaban J connectivity index is 2.49. The van der Waals surface area contributed by atoms with E-state index in [2.05, 4.69) is 4.98 Å². The second-order valence-electron chi connectivity index (χ2n) is 3.42. The fraction of sp³-hybridized carbons (Fsp3) is 0.154. The highest BCUT2D eigenvalue weighted by Crippen LogP contribution is 2.27. The van der Waals surface area contributed by atoms with Crippen LogP contribution in [0.2, 0.25) is 0 Å². The highest BCUT2D eigenvalue weighted by Gasteiger charge is 2.06. The minimum atomic E-state index is 0.0381. The topological polar surface area (TPSA) is 42.4 Å². The summed E-state index contributed by atoms with van der Waals surface area (Å²) in [6.07, 6.45) is 1.69. The molecule has 0 atom stereocenters. The second kappa shape index (κ2) is 4.77. The van der Waals surface area contributed by atoms with Crippen molar-refractivity contribution in [2.75, 3.05) is 7.11 Å². The average Bonchev–Trinajstić information content (AvgIpc) is 2.38. The van der Waals surface area contributed by atoms with Crippen LogP contribution in [0.5, 0.6) is 5.88 Å². The van der Waals surface area contributed by atoms with Gasteiger partial charge in [0.25, 0.3) is 0 Å². The van der Waals surface area contributed by atoms with E-state index in [4.69, 9.17) is 9.84 Å². The van der Waals surface area contributed by atoms with Gasteiger partial charge in [0, 0.05) is 11.8 Å². The lowest BCUT2D eigenvalue weighted by atomic mass is 10.0. The molecule has 2 aromatic rings. The standard InChI is InChI=1S/C13H13NO2/c1-16-13-12(6-3-7-14-13)11-5-2-4-10(8-11)9-15/h2-8,15H,9H2,1H3. The maximum absolute atomic E-state index is 9.09. The highest BCUT2D eigenvalue weighted by atomic mass is 16.5. The fourth-order valence-corrected chi connectivity index (χ4v) is 1.61. The van der Waals surface area contributed by atoms with Crippen LogP contribution in [-0.2, 0) is 6.61 Å². The Morgan fingerprint density at radius 2 is 2.12 bits per heavy atom. The van der Waals surface area contributed by atoms with Gasteiger partial charge in [-0.25, -0.2) is 4.98 Å². The van der Waals surface area contributed by atoms with Crippen molar-refractivity contribution < 1.29 is 9.84 Å². The van der Waals surface area contributed by atoms with Crippen LogP contribution in [0.4, 0.5) is 0 Å². The average molecular weight is 215 g/mol. The predicted molar refractivity (Wildman–Crippen MR) is 62.1 cm³/mol. The van der Waals surface area contributed by atoms with Crippen LogP contribution < -0.4 is 4.74 Å². The number of aromatic nitrogens is 1. The number of methoxy groups -OCH3 is 1. The molecule has 1 aromatic carbocycles. The second-order valence-corrected chi connectivity index (χ2v) is 3.42.